The number of rotatable bonds is 9. The fraction of sp³-hybridized carbons (Fsp3) is 0.636. The molecule has 0 saturated heterocycles. The minimum Gasteiger partial charge on any atom is -0.233 e. The van der Waals surface area contributed by atoms with Gasteiger partial charge in [0.15, 0.2) is 0 Å². The van der Waals surface area contributed by atoms with E-state index in [2.05, 4.69) is 13.2 Å². The van der Waals surface area contributed by atoms with Gasteiger partial charge < -0.3 is 0 Å². The highest BCUT2D eigenvalue weighted by Crippen LogP contribution is 2.09. The van der Waals surface area contributed by atoms with E-state index in [9.17, 15) is 5.11 Å². The lowest BCUT2D eigenvalue weighted by molar-refractivity contribution is 0.0820. The Bertz CT molecular complexity index is 134. The monoisotopic (exact) mass is 199 g/mol. The number of thioether (sulfide) groups is 1. The van der Waals surface area contributed by atoms with Gasteiger partial charge in [0.25, 0.3) is 0 Å². The lowest BCUT2D eigenvalue weighted by Crippen LogP contribution is -2.02. The first-order valence-electron chi connectivity index (χ1n) is 4.76. The van der Waals surface area contributed by atoms with Crippen molar-refractivity contribution in [2.24, 2.45) is 0 Å². The molecule has 75 valence electrons. The predicted octanol–water partition coefficient (Wildman–Crippen LogP) is 3.45. The Hall–Kier alpha value is -0.210. The van der Waals surface area contributed by atoms with Crippen molar-refractivity contribution < 1.29 is 5.11 Å². The molecule has 0 aliphatic carbocycles. The maximum atomic E-state index is 11.1. The van der Waals surface area contributed by atoms with Gasteiger partial charge in [0, 0.05) is 5.75 Å². The zero-order valence-electron chi connectivity index (χ0n) is 8.21. The van der Waals surface area contributed by atoms with E-state index in [4.69, 9.17) is 0 Å². The molecular formula is C11H19OS. The van der Waals surface area contributed by atoms with Gasteiger partial charge >= 0.3 is 0 Å². The summed E-state index contributed by atoms with van der Waals surface area (Å²) in [6.07, 6.45) is 6.80. The third-order valence-electron chi connectivity index (χ3n) is 1.73. The smallest absolute Gasteiger partial charge is 0.0964 e. The van der Waals surface area contributed by atoms with E-state index in [1.54, 1.807) is 6.08 Å². The topological polar surface area (TPSA) is 19.9 Å². The van der Waals surface area contributed by atoms with Gasteiger partial charge in [0.05, 0.1) is 6.10 Å². The van der Waals surface area contributed by atoms with E-state index in [0.717, 1.165) is 30.8 Å². The molecule has 0 amide bonds. The third kappa shape index (κ3) is 9.71. The first-order chi connectivity index (χ1) is 6.31. The maximum absolute atomic E-state index is 11.1. The zero-order valence-corrected chi connectivity index (χ0v) is 9.02. The molecule has 0 rings (SSSR count). The molecule has 0 spiro atoms. The summed E-state index contributed by atoms with van der Waals surface area (Å²) in [5, 5.41) is 11.1. The molecule has 0 heterocycles. The zero-order chi connectivity index (χ0) is 9.94. The van der Waals surface area contributed by atoms with Crippen LogP contribution < -0.4 is 0 Å². The van der Waals surface area contributed by atoms with Gasteiger partial charge in [-0.3, -0.25) is 0 Å². The minimum atomic E-state index is -0.429. The first-order valence-corrected chi connectivity index (χ1v) is 5.92. The molecule has 1 atom stereocenters. The molecular weight excluding hydrogens is 180 g/mol. The molecule has 0 aliphatic heterocycles. The van der Waals surface area contributed by atoms with Crippen molar-refractivity contribution in [3.8, 4) is 0 Å². The lowest BCUT2D eigenvalue weighted by Gasteiger charge is -2.04. The molecule has 13 heavy (non-hydrogen) atoms. The second-order valence-corrected chi connectivity index (χ2v) is 4.16. The Morgan fingerprint density at radius 1 is 1.23 bits per heavy atom. The van der Waals surface area contributed by atoms with Crippen LogP contribution in [0.5, 0.6) is 0 Å². The summed E-state index contributed by atoms with van der Waals surface area (Å²) in [5.41, 5.74) is 0. The summed E-state index contributed by atoms with van der Waals surface area (Å²) in [6, 6.07) is 0. The Morgan fingerprint density at radius 2 is 2.00 bits per heavy atom. The maximum Gasteiger partial charge on any atom is 0.0964 e. The van der Waals surface area contributed by atoms with Crippen molar-refractivity contribution in [1.82, 2.24) is 0 Å². The first kappa shape index (κ1) is 12.8. The molecule has 1 radical (unpaired) electrons. The summed E-state index contributed by atoms with van der Waals surface area (Å²) >= 11 is 1.88. The molecule has 0 aromatic rings. The van der Waals surface area contributed by atoms with Crippen LogP contribution in [0.25, 0.3) is 0 Å². The molecule has 1 unspecified atom stereocenters. The second kappa shape index (κ2) is 9.87. The molecule has 0 aromatic heterocycles. The average Bonchev–Trinajstić information content (AvgIpc) is 2.11. The normalized spacial score (nSPS) is 12.4. The Kier molecular flexibility index (Phi) is 9.72. The molecule has 2 heteroatoms. The van der Waals surface area contributed by atoms with Crippen LogP contribution in [0.4, 0.5) is 0 Å². The molecule has 0 saturated carbocycles. The third-order valence-corrected chi connectivity index (χ3v) is 2.78. The summed E-state index contributed by atoms with van der Waals surface area (Å²) < 4.78 is 0. The van der Waals surface area contributed by atoms with E-state index < -0.39 is 6.10 Å². The van der Waals surface area contributed by atoms with Gasteiger partial charge in [-0.2, -0.15) is 11.8 Å². The summed E-state index contributed by atoms with van der Waals surface area (Å²) in [4.78, 5) is 0. The number of unbranched alkanes of at least 4 members (excludes halogenated alkanes) is 1. The molecule has 1 nitrogen and oxygen atoms in total. The van der Waals surface area contributed by atoms with Crippen molar-refractivity contribution in [3.63, 3.8) is 0 Å². The Balaban J connectivity index is 3.05. The average molecular weight is 199 g/mol. The van der Waals surface area contributed by atoms with Gasteiger partial charge in [-0.05, 0) is 31.4 Å². The van der Waals surface area contributed by atoms with Gasteiger partial charge in [-0.25, -0.2) is 5.11 Å². The van der Waals surface area contributed by atoms with Crippen LogP contribution in [0.1, 0.15) is 25.7 Å². The molecule has 0 fully saturated rings. The number of hydrogen-bond donors (Lipinski definition) is 0. The molecule has 0 aromatic carbocycles. The van der Waals surface area contributed by atoms with Crippen LogP contribution in [0.3, 0.4) is 0 Å². The Morgan fingerprint density at radius 3 is 2.62 bits per heavy atom. The highest BCUT2D eigenvalue weighted by atomic mass is 32.2. The van der Waals surface area contributed by atoms with E-state index in [-0.39, 0.29) is 0 Å². The quantitative estimate of drug-likeness (QED) is 0.411. The summed E-state index contributed by atoms with van der Waals surface area (Å²) in [5.74, 6) is 2.17. The van der Waals surface area contributed by atoms with Crippen molar-refractivity contribution >= 4 is 11.8 Å². The van der Waals surface area contributed by atoms with Gasteiger partial charge in [-0.1, -0.05) is 12.2 Å². The summed E-state index contributed by atoms with van der Waals surface area (Å²) in [7, 11) is 0. The highest BCUT2D eigenvalue weighted by molar-refractivity contribution is 7.99. The van der Waals surface area contributed by atoms with Crippen molar-refractivity contribution in [2.75, 3.05) is 11.5 Å². The largest absolute Gasteiger partial charge is 0.233 e. The van der Waals surface area contributed by atoms with E-state index in [1.807, 2.05) is 17.8 Å². The Labute approximate surface area is 85.9 Å². The SMILES string of the molecule is C=CCSCCCCC([O])CC=C. The van der Waals surface area contributed by atoms with Crippen LogP contribution in [-0.4, -0.2) is 17.6 Å². The molecule has 0 bridgehead atoms. The molecule has 0 N–H and O–H groups in total. The van der Waals surface area contributed by atoms with Crippen LogP contribution in [0.2, 0.25) is 0 Å². The number of hydrogen-bond acceptors (Lipinski definition) is 1. The lowest BCUT2D eigenvalue weighted by atomic mass is 10.1. The van der Waals surface area contributed by atoms with Crippen molar-refractivity contribution in [2.45, 2.75) is 31.8 Å². The standard InChI is InChI=1S/C11H19OS/c1-3-7-11(12)8-5-6-10-13-9-4-2/h3-4,11H,1-2,5-10H2. The minimum absolute atomic E-state index is 0.429. The second-order valence-electron chi connectivity index (χ2n) is 3.01. The highest BCUT2D eigenvalue weighted by Gasteiger charge is 2.02. The predicted molar refractivity (Wildman–Crippen MR) is 60.7 cm³/mol. The van der Waals surface area contributed by atoms with Crippen LogP contribution in [0, 0.1) is 0 Å². The van der Waals surface area contributed by atoms with Gasteiger partial charge in [-0.15, -0.1) is 13.2 Å². The molecule has 0 aliphatic rings. The van der Waals surface area contributed by atoms with E-state index in [0.29, 0.717) is 6.42 Å². The van der Waals surface area contributed by atoms with Gasteiger partial charge in [0.1, 0.15) is 0 Å². The van der Waals surface area contributed by atoms with Crippen LogP contribution in [0.15, 0.2) is 25.3 Å². The van der Waals surface area contributed by atoms with Crippen molar-refractivity contribution in [3.05, 3.63) is 25.3 Å². The van der Waals surface area contributed by atoms with E-state index in [1.165, 1.54) is 0 Å². The van der Waals surface area contributed by atoms with Crippen LogP contribution >= 0.6 is 11.8 Å². The fourth-order valence-corrected chi connectivity index (χ4v) is 1.79. The van der Waals surface area contributed by atoms with Crippen LogP contribution in [-0.2, 0) is 5.11 Å². The van der Waals surface area contributed by atoms with E-state index >= 15 is 0 Å². The van der Waals surface area contributed by atoms with Crippen molar-refractivity contribution in [1.29, 1.82) is 0 Å². The summed E-state index contributed by atoms with van der Waals surface area (Å²) in [6.45, 7) is 7.20. The fourth-order valence-electron chi connectivity index (χ4n) is 1.05. The van der Waals surface area contributed by atoms with Gasteiger partial charge in [0.2, 0.25) is 0 Å².